The van der Waals surface area contributed by atoms with E-state index in [1.165, 1.54) is 19.2 Å². The van der Waals surface area contributed by atoms with E-state index in [9.17, 15) is 18.0 Å². The average molecular weight is 277 g/mol. The fourth-order valence-electron chi connectivity index (χ4n) is 1.34. The molecular weight excluding hydrogens is 263 g/mol. The summed E-state index contributed by atoms with van der Waals surface area (Å²) in [5.74, 6) is -0.723. The molecule has 0 aliphatic rings. The smallest absolute Gasteiger partial charge is 0.406 e. The second-order valence-corrected chi connectivity index (χ2v) is 3.67. The van der Waals surface area contributed by atoms with Crippen molar-refractivity contribution in [2.24, 2.45) is 0 Å². The third-order valence-corrected chi connectivity index (χ3v) is 2.16. The predicted octanol–water partition coefficient (Wildman–Crippen LogP) is 2.00. The van der Waals surface area contributed by atoms with Crippen LogP contribution in [0, 0.1) is 0 Å². The molecule has 0 saturated carbocycles. The summed E-state index contributed by atoms with van der Waals surface area (Å²) in [7, 11) is 1.53. The second kappa shape index (κ2) is 7.10. The van der Waals surface area contributed by atoms with E-state index in [1.54, 1.807) is 0 Å². The first-order valence-corrected chi connectivity index (χ1v) is 5.51. The number of alkyl halides is 3. The highest BCUT2D eigenvalue weighted by molar-refractivity contribution is 5.97. The van der Waals surface area contributed by atoms with E-state index in [0.717, 1.165) is 12.1 Å². The minimum Gasteiger partial charge on any atom is -0.406 e. The third kappa shape index (κ3) is 6.21. The number of benzene rings is 1. The topological polar surface area (TPSA) is 47.6 Å². The molecule has 7 heteroatoms. The van der Waals surface area contributed by atoms with Gasteiger partial charge in [0.15, 0.2) is 5.78 Å². The Morgan fingerprint density at radius 3 is 2.74 bits per heavy atom. The van der Waals surface area contributed by atoms with Gasteiger partial charge in [0.2, 0.25) is 0 Å². The SMILES string of the molecule is COCCNCC(=O)c1cccc(OC(F)(F)F)c1. The van der Waals surface area contributed by atoms with Crippen LogP contribution >= 0.6 is 0 Å². The van der Waals surface area contributed by atoms with Gasteiger partial charge in [-0.1, -0.05) is 12.1 Å². The molecule has 0 heterocycles. The van der Waals surface area contributed by atoms with Gasteiger partial charge in [0.05, 0.1) is 13.2 Å². The predicted molar refractivity (Wildman–Crippen MR) is 62.2 cm³/mol. The second-order valence-electron chi connectivity index (χ2n) is 3.67. The molecule has 0 unspecified atom stereocenters. The Labute approximate surface area is 108 Å². The average Bonchev–Trinajstić information content (AvgIpc) is 2.32. The molecule has 0 fully saturated rings. The first-order valence-electron chi connectivity index (χ1n) is 5.51. The summed E-state index contributed by atoms with van der Waals surface area (Å²) in [5.41, 5.74) is 0.159. The van der Waals surface area contributed by atoms with Crippen LogP contribution in [0.1, 0.15) is 10.4 Å². The first-order chi connectivity index (χ1) is 8.92. The number of hydrogen-bond donors (Lipinski definition) is 1. The maximum absolute atomic E-state index is 12.0. The van der Waals surface area contributed by atoms with Crippen molar-refractivity contribution in [2.75, 3.05) is 26.8 Å². The van der Waals surface area contributed by atoms with Crippen LogP contribution in [0.4, 0.5) is 13.2 Å². The molecule has 4 nitrogen and oxygen atoms in total. The fraction of sp³-hybridized carbons (Fsp3) is 0.417. The van der Waals surface area contributed by atoms with Crippen molar-refractivity contribution in [3.05, 3.63) is 29.8 Å². The van der Waals surface area contributed by atoms with Gasteiger partial charge in [0, 0.05) is 19.2 Å². The number of carbonyl (C=O) groups is 1. The minimum absolute atomic E-state index is 0.0266. The highest BCUT2D eigenvalue weighted by Gasteiger charge is 2.31. The number of halogens is 3. The number of methoxy groups -OCH3 is 1. The fourth-order valence-corrected chi connectivity index (χ4v) is 1.34. The molecule has 0 aliphatic heterocycles. The van der Waals surface area contributed by atoms with Crippen LogP contribution in [-0.2, 0) is 4.74 Å². The third-order valence-electron chi connectivity index (χ3n) is 2.16. The molecule has 0 spiro atoms. The number of ether oxygens (including phenoxy) is 2. The van der Waals surface area contributed by atoms with E-state index in [1.807, 2.05) is 0 Å². The molecule has 1 aromatic rings. The Kier molecular flexibility index (Phi) is 5.78. The lowest BCUT2D eigenvalue weighted by molar-refractivity contribution is -0.274. The van der Waals surface area contributed by atoms with Crippen molar-refractivity contribution in [3.8, 4) is 5.75 Å². The summed E-state index contributed by atoms with van der Waals surface area (Å²) in [5, 5.41) is 2.81. The maximum atomic E-state index is 12.0. The van der Waals surface area contributed by atoms with Gasteiger partial charge >= 0.3 is 6.36 Å². The molecule has 0 atom stereocenters. The van der Waals surface area contributed by atoms with Crippen LogP contribution in [-0.4, -0.2) is 39.0 Å². The normalized spacial score (nSPS) is 11.4. The lowest BCUT2D eigenvalue weighted by Crippen LogP contribution is -2.26. The molecular formula is C12H14F3NO3. The van der Waals surface area contributed by atoms with Crippen LogP contribution in [0.5, 0.6) is 5.75 Å². The summed E-state index contributed by atoms with van der Waals surface area (Å²) in [4.78, 5) is 11.7. The molecule has 1 rings (SSSR count). The van der Waals surface area contributed by atoms with Crippen molar-refractivity contribution < 1.29 is 27.4 Å². The van der Waals surface area contributed by atoms with Gasteiger partial charge in [-0.15, -0.1) is 13.2 Å². The van der Waals surface area contributed by atoms with E-state index in [2.05, 4.69) is 10.1 Å². The van der Waals surface area contributed by atoms with E-state index in [0.29, 0.717) is 13.2 Å². The molecule has 1 N–H and O–H groups in total. The molecule has 0 saturated heterocycles. The van der Waals surface area contributed by atoms with Crippen molar-refractivity contribution in [1.29, 1.82) is 0 Å². The van der Waals surface area contributed by atoms with Crippen molar-refractivity contribution in [3.63, 3.8) is 0 Å². The number of hydrogen-bond acceptors (Lipinski definition) is 4. The highest BCUT2D eigenvalue weighted by atomic mass is 19.4. The van der Waals surface area contributed by atoms with Gasteiger partial charge < -0.3 is 14.8 Å². The Morgan fingerprint density at radius 1 is 1.37 bits per heavy atom. The van der Waals surface area contributed by atoms with Crippen molar-refractivity contribution in [2.45, 2.75) is 6.36 Å². The molecule has 0 radical (unpaired) electrons. The van der Waals surface area contributed by atoms with Crippen LogP contribution < -0.4 is 10.1 Å². The van der Waals surface area contributed by atoms with Crippen molar-refractivity contribution >= 4 is 5.78 Å². The number of ketones is 1. The summed E-state index contributed by atoms with van der Waals surface area (Å²) in [6.07, 6.45) is -4.77. The Balaban J connectivity index is 2.58. The summed E-state index contributed by atoms with van der Waals surface area (Å²) >= 11 is 0. The highest BCUT2D eigenvalue weighted by Crippen LogP contribution is 2.23. The number of rotatable bonds is 7. The largest absolute Gasteiger partial charge is 0.573 e. The monoisotopic (exact) mass is 277 g/mol. The molecule has 19 heavy (non-hydrogen) atoms. The minimum atomic E-state index is -4.77. The molecule has 106 valence electrons. The zero-order chi connectivity index (χ0) is 14.3. The van der Waals surface area contributed by atoms with E-state index >= 15 is 0 Å². The molecule has 0 amide bonds. The first kappa shape index (κ1) is 15.5. The number of nitrogens with one attached hydrogen (secondary N) is 1. The summed E-state index contributed by atoms with van der Waals surface area (Å²) in [6.45, 7) is 0.963. The molecule has 1 aromatic carbocycles. The summed E-state index contributed by atoms with van der Waals surface area (Å²) < 4.78 is 44.6. The zero-order valence-corrected chi connectivity index (χ0v) is 10.3. The van der Waals surface area contributed by atoms with Crippen LogP contribution in [0.3, 0.4) is 0 Å². The maximum Gasteiger partial charge on any atom is 0.573 e. The van der Waals surface area contributed by atoms with Crippen molar-refractivity contribution in [1.82, 2.24) is 5.32 Å². The number of carbonyl (C=O) groups excluding carboxylic acids is 1. The Morgan fingerprint density at radius 2 is 2.11 bits per heavy atom. The lowest BCUT2D eigenvalue weighted by Gasteiger charge is -2.10. The molecule has 0 aliphatic carbocycles. The number of Topliss-reactive ketones (excluding diaryl/α,β-unsaturated/α-hetero) is 1. The Bertz CT molecular complexity index is 421. The summed E-state index contributed by atoms with van der Waals surface area (Å²) in [6, 6.07) is 4.98. The Hall–Kier alpha value is -1.60. The van der Waals surface area contributed by atoms with E-state index in [4.69, 9.17) is 4.74 Å². The van der Waals surface area contributed by atoms with Gasteiger partial charge in [-0.2, -0.15) is 0 Å². The van der Waals surface area contributed by atoms with Crippen LogP contribution in [0.2, 0.25) is 0 Å². The standard InChI is InChI=1S/C12H14F3NO3/c1-18-6-5-16-8-11(17)9-3-2-4-10(7-9)19-12(13,14)15/h2-4,7,16H,5-6,8H2,1H3. The lowest BCUT2D eigenvalue weighted by atomic mass is 10.1. The van der Waals surface area contributed by atoms with Crippen LogP contribution in [0.25, 0.3) is 0 Å². The quantitative estimate of drug-likeness (QED) is 0.611. The van der Waals surface area contributed by atoms with Gasteiger partial charge in [-0.05, 0) is 12.1 Å². The van der Waals surface area contributed by atoms with Gasteiger partial charge in [0.1, 0.15) is 5.75 Å². The van der Waals surface area contributed by atoms with Gasteiger partial charge in [-0.3, -0.25) is 4.79 Å². The van der Waals surface area contributed by atoms with E-state index < -0.39 is 12.1 Å². The zero-order valence-electron chi connectivity index (χ0n) is 10.3. The van der Waals surface area contributed by atoms with Crippen LogP contribution in [0.15, 0.2) is 24.3 Å². The molecule has 0 aromatic heterocycles. The molecule has 0 bridgehead atoms. The van der Waals surface area contributed by atoms with E-state index in [-0.39, 0.29) is 17.9 Å². The van der Waals surface area contributed by atoms with Gasteiger partial charge in [-0.25, -0.2) is 0 Å². The van der Waals surface area contributed by atoms with Gasteiger partial charge in [0.25, 0.3) is 0 Å².